The summed E-state index contributed by atoms with van der Waals surface area (Å²) in [4.78, 5) is 12.0. The van der Waals surface area contributed by atoms with E-state index in [1.807, 2.05) is 0 Å². The van der Waals surface area contributed by atoms with Crippen LogP contribution < -0.4 is 11.1 Å². The number of nitrogen functional groups attached to an aromatic ring is 1. The molecule has 3 N–H and O–H groups in total. The number of amides is 1. The highest BCUT2D eigenvalue weighted by Crippen LogP contribution is 2.23. The summed E-state index contributed by atoms with van der Waals surface area (Å²) in [6.45, 7) is 0. The molecule has 0 saturated heterocycles. The predicted molar refractivity (Wildman–Crippen MR) is 77.9 cm³/mol. The fourth-order valence-corrected chi connectivity index (χ4v) is 2.25. The predicted octanol–water partition coefficient (Wildman–Crippen LogP) is 4.08. The van der Waals surface area contributed by atoms with Crippen LogP contribution in [0.25, 0.3) is 0 Å². The molecule has 0 atom stereocenters. The van der Waals surface area contributed by atoms with E-state index in [-0.39, 0.29) is 11.6 Å². The van der Waals surface area contributed by atoms with Crippen molar-refractivity contribution in [2.75, 3.05) is 11.1 Å². The molecular weight excluding hydrogens is 335 g/mol. The molecule has 1 amide bonds. The van der Waals surface area contributed by atoms with E-state index in [1.54, 1.807) is 18.2 Å². The molecule has 0 radical (unpaired) electrons. The normalized spacial score (nSPS) is 10.3. The number of carbonyl (C=O) groups excluding carboxylic acids is 1. The first-order valence-corrected chi connectivity index (χ1v) is 6.46. The Bertz CT molecular complexity index is 649. The van der Waals surface area contributed by atoms with E-state index in [0.717, 1.165) is 4.47 Å². The van der Waals surface area contributed by atoms with Gasteiger partial charge in [0.1, 0.15) is 5.82 Å². The van der Waals surface area contributed by atoms with Crippen LogP contribution in [-0.2, 0) is 0 Å². The molecule has 0 unspecified atom stereocenters. The number of carbonyl (C=O) groups is 1. The van der Waals surface area contributed by atoms with Gasteiger partial charge in [0.25, 0.3) is 5.91 Å². The number of benzene rings is 2. The van der Waals surface area contributed by atoms with Crippen molar-refractivity contribution in [3.63, 3.8) is 0 Å². The average molecular weight is 344 g/mol. The summed E-state index contributed by atoms with van der Waals surface area (Å²) in [6, 6.07) is 8.88. The van der Waals surface area contributed by atoms with Gasteiger partial charge in [0.2, 0.25) is 0 Å². The van der Waals surface area contributed by atoms with Crippen molar-refractivity contribution in [2.45, 2.75) is 0 Å². The number of hydrogen-bond donors (Lipinski definition) is 2. The van der Waals surface area contributed by atoms with Crippen molar-refractivity contribution in [1.29, 1.82) is 0 Å². The van der Waals surface area contributed by atoms with E-state index >= 15 is 0 Å². The van der Waals surface area contributed by atoms with E-state index < -0.39 is 5.82 Å². The summed E-state index contributed by atoms with van der Waals surface area (Å²) in [5.74, 6) is -0.914. The molecular formula is C13H9BrClFN2O. The van der Waals surface area contributed by atoms with Crippen LogP contribution in [0.1, 0.15) is 10.4 Å². The van der Waals surface area contributed by atoms with Crippen molar-refractivity contribution in [1.82, 2.24) is 0 Å². The van der Waals surface area contributed by atoms with Crippen molar-refractivity contribution >= 4 is 44.8 Å². The van der Waals surface area contributed by atoms with Crippen molar-refractivity contribution in [3.8, 4) is 0 Å². The van der Waals surface area contributed by atoms with Gasteiger partial charge in [-0.05, 0) is 36.4 Å². The molecule has 3 nitrogen and oxygen atoms in total. The van der Waals surface area contributed by atoms with Crippen molar-refractivity contribution in [2.24, 2.45) is 0 Å². The number of halogens is 3. The Balaban J connectivity index is 2.23. The van der Waals surface area contributed by atoms with E-state index in [4.69, 9.17) is 17.3 Å². The average Bonchev–Trinajstić information content (AvgIpc) is 2.33. The molecule has 2 aromatic carbocycles. The quantitative estimate of drug-likeness (QED) is 0.807. The van der Waals surface area contributed by atoms with Crippen LogP contribution in [0.3, 0.4) is 0 Å². The van der Waals surface area contributed by atoms with Crippen LogP contribution in [0.15, 0.2) is 40.9 Å². The highest BCUT2D eigenvalue weighted by molar-refractivity contribution is 9.10. The molecule has 19 heavy (non-hydrogen) atoms. The van der Waals surface area contributed by atoms with Crippen LogP contribution >= 0.6 is 27.5 Å². The zero-order chi connectivity index (χ0) is 14.0. The van der Waals surface area contributed by atoms with Crippen LogP contribution in [0, 0.1) is 5.82 Å². The maximum absolute atomic E-state index is 13.0. The molecule has 0 saturated carbocycles. The SMILES string of the molecule is Nc1cc(NC(=O)c2ccc(Br)cc2Cl)ccc1F. The van der Waals surface area contributed by atoms with E-state index in [2.05, 4.69) is 21.2 Å². The molecule has 0 heterocycles. The number of nitrogens with one attached hydrogen (secondary N) is 1. The summed E-state index contributed by atoms with van der Waals surface area (Å²) in [6.07, 6.45) is 0. The molecule has 0 aliphatic rings. The first-order chi connectivity index (χ1) is 8.97. The smallest absolute Gasteiger partial charge is 0.257 e. The minimum absolute atomic E-state index is 0.0281. The van der Waals surface area contributed by atoms with Crippen molar-refractivity contribution < 1.29 is 9.18 Å². The van der Waals surface area contributed by atoms with Gasteiger partial charge in [0.15, 0.2) is 0 Å². The Morgan fingerprint density at radius 2 is 2.00 bits per heavy atom. The fourth-order valence-electron chi connectivity index (χ4n) is 1.49. The van der Waals surface area contributed by atoms with Gasteiger partial charge >= 0.3 is 0 Å². The molecule has 0 fully saturated rings. The summed E-state index contributed by atoms with van der Waals surface area (Å²) in [5.41, 5.74) is 6.13. The Labute approximate surface area is 122 Å². The largest absolute Gasteiger partial charge is 0.396 e. The molecule has 0 bridgehead atoms. The fraction of sp³-hybridized carbons (Fsp3) is 0. The van der Waals surface area contributed by atoms with Crippen LogP contribution in [0.5, 0.6) is 0 Å². The lowest BCUT2D eigenvalue weighted by atomic mass is 10.2. The van der Waals surface area contributed by atoms with E-state index in [1.165, 1.54) is 18.2 Å². The highest BCUT2D eigenvalue weighted by atomic mass is 79.9. The maximum Gasteiger partial charge on any atom is 0.257 e. The van der Waals surface area contributed by atoms with Gasteiger partial charge in [0.05, 0.1) is 16.3 Å². The Kier molecular flexibility index (Phi) is 4.07. The minimum atomic E-state index is -0.528. The standard InChI is InChI=1S/C13H9BrClFN2O/c14-7-1-3-9(10(15)5-7)13(19)18-8-2-4-11(16)12(17)6-8/h1-6H,17H2,(H,18,19). The van der Waals surface area contributed by atoms with Crippen LogP contribution in [0.2, 0.25) is 5.02 Å². The maximum atomic E-state index is 13.0. The van der Waals surface area contributed by atoms with Crippen molar-refractivity contribution in [3.05, 3.63) is 57.3 Å². The summed E-state index contributed by atoms with van der Waals surface area (Å²) >= 11 is 9.23. The molecule has 98 valence electrons. The lowest BCUT2D eigenvalue weighted by Crippen LogP contribution is -2.12. The second kappa shape index (κ2) is 5.59. The van der Waals surface area contributed by atoms with E-state index in [0.29, 0.717) is 16.3 Å². The molecule has 0 aliphatic carbocycles. The van der Waals surface area contributed by atoms with Gasteiger partial charge < -0.3 is 11.1 Å². The first kappa shape index (κ1) is 13.8. The third-order valence-electron chi connectivity index (χ3n) is 2.43. The zero-order valence-electron chi connectivity index (χ0n) is 9.58. The van der Waals surface area contributed by atoms with Gasteiger partial charge in [-0.3, -0.25) is 4.79 Å². The lowest BCUT2D eigenvalue weighted by Gasteiger charge is -2.08. The summed E-state index contributed by atoms with van der Waals surface area (Å²) < 4.78 is 13.8. The van der Waals surface area contributed by atoms with E-state index in [9.17, 15) is 9.18 Å². The van der Waals surface area contributed by atoms with Gasteiger partial charge in [0, 0.05) is 10.2 Å². The van der Waals surface area contributed by atoms with Gasteiger partial charge in [-0.15, -0.1) is 0 Å². The number of hydrogen-bond acceptors (Lipinski definition) is 2. The number of rotatable bonds is 2. The Hall–Kier alpha value is -1.59. The van der Waals surface area contributed by atoms with Crippen LogP contribution in [0.4, 0.5) is 15.8 Å². The van der Waals surface area contributed by atoms with Gasteiger partial charge in [-0.25, -0.2) is 4.39 Å². The van der Waals surface area contributed by atoms with Gasteiger partial charge in [-0.2, -0.15) is 0 Å². The summed E-state index contributed by atoms with van der Waals surface area (Å²) in [7, 11) is 0. The first-order valence-electron chi connectivity index (χ1n) is 5.29. The molecule has 2 aromatic rings. The third-order valence-corrected chi connectivity index (χ3v) is 3.24. The molecule has 0 aliphatic heterocycles. The minimum Gasteiger partial charge on any atom is -0.396 e. The Morgan fingerprint density at radius 3 is 2.63 bits per heavy atom. The molecule has 6 heteroatoms. The Morgan fingerprint density at radius 1 is 1.26 bits per heavy atom. The zero-order valence-corrected chi connectivity index (χ0v) is 11.9. The molecule has 0 aromatic heterocycles. The third kappa shape index (κ3) is 3.24. The molecule has 0 spiro atoms. The molecule has 2 rings (SSSR count). The number of anilines is 2. The second-order valence-electron chi connectivity index (χ2n) is 3.81. The van der Waals surface area contributed by atoms with Gasteiger partial charge in [-0.1, -0.05) is 27.5 Å². The monoisotopic (exact) mass is 342 g/mol. The topological polar surface area (TPSA) is 55.1 Å². The second-order valence-corrected chi connectivity index (χ2v) is 5.14. The van der Waals surface area contributed by atoms with Crippen LogP contribution in [-0.4, -0.2) is 5.91 Å². The number of nitrogens with two attached hydrogens (primary N) is 1. The summed E-state index contributed by atoms with van der Waals surface area (Å²) in [5, 5.41) is 2.92. The highest BCUT2D eigenvalue weighted by Gasteiger charge is 2.11. The lowest BCUT2D eigenvalue weighted by molar-refractivity contribution is 0.102.